The van der Waals surface area contributed by atoms with Crippen LogP contribution in [-0.2, 0) is 10.9 Å². The van der Waals surface area contributed by atoms with Crippen LogP contribution in [0.2, 0.25) is 0 Å². The molecule has 1 heterocycles. The number of esters is 1. The molecular formula is C16H13BrF4N2O3. The van der Waals surface area contributed by atoms with Gasteiger partial charge in [-0.2, -0.15) is 13.2 Å². The lowest BCUT2D eigenvalue weighted by Crippen LogP contribution is -2.06. The Bertz CT molecular complexity index is 798. The molecule has 0 aliphatic rings. The van der Waals surface area contributed by atoms with Gasteiger partial charge in [-0.05, 0) is 46.3 Å². The largest absolute Gasteiger partial charge is 0.464 e. The number of hydrogen-bond donors (Lipinski definition) is 1. The maximum atomic E-state index is 12.5. The fourth-order valence-corrected chi connectivity index (χ4v) is 2.10. The number of anilines is 1. The molecule has 1 aromatic carbocycles. The summed E-state index contributed by atoms with van der Waals surface area (Å²) in [6, 6.07) is 5.01. The van der Waals surface area contributed by atoms with E-state index in [1.54, 1.807) is 19.2 Å². The number of hydrogen-bond acceptors (Lipinski definition) is 5. The van der Waals surface area contributed by atoms with Crippen molar-refractivity contribution in [3.05, 3.63) is 57.4 Å². The van der Waals surface area contributed by atoms with Crippen molar-refractivity contribution in [2.45, 2.75) is 6.18 Å². The van der Waals surface area contributed by atoms with E-state index in [2.05, 4.69) is 31.0 Å². The maximum absolute atomic E-state index is 12.5. The van der Waals surface area contributed by atoms with Gasteiger partial charge in [0.15, 0.2) is 5.69 Å². The van der Waals surface area contributed by atoms with Gasteiger partial charge in [-0.25, -0.2) is 14.2 Å². The minimum Gasteiger partial charge on any atom is -0.464 e. The molecule has 1 aromatic heterocycles. The van der Waals surface area contributed by atoms with E-state index in [9.17, 15) is 27.2 Å². The lowest BCUT2D eigenvalue weighted by molar-refractivity contribution is -0.137. The van der Waals surface area contributed by atoms with E-state index in [-0.39, 0.29) is 17.5 Å². The van der Waals surface area contributed by atoms with E-state index in [0.717, 1.165) is 10.5 Å². The lowest BCUT2D eigenvalue weighted by Gasteiger charge is -2.06. The molecule has 1 N–H and O–H groups in total. The minimum absolute atomic E-state index is 0.165. The van der Waals surface area contributed by atoms with Crippen LogP contribution in [0.15, 0.2) is 34.8 Å². The fraction of sp³-hybridized carbons (Fsp3) is 0.188. The topological polar surface area (TPSA) is 68.3 Å². The standard InChI is InChI=1S/C8H9BrN2O2.C8H4F4O/c1-10-7-5(9)3-4-6(11-7)8(12)13-2;9-7-2-5(4-13)1-6(3-7)8(10,11)12/h3-4H,1-2H3,(H,10,11);1-4H. The number of methoxy groups -OCH3 is 1. The zero-order chi connectivity index (χ0) is 19.9. The van der Waals surface area contributed by atoms with Gasteiger partial charge < -0.3 is 10.1 Å². The Labute approximate surface area is 154 Å². The molecule has 5 nitrogen and oxygen atoms in total. The highest BCUT2D eigenvalue weighted by Crippen LogP contribution is 2.30. The van der Waals surface area contributed by atoms with Crippen LogP contribution < -0.4 is 5.32 Å². The predicted octanol–water partition coefficient (Wildman–Crippen LogP) is 4.33. The first-order valence-electron chi connectivity index (χ1n) is 6.88. The Morgan fingerprint density at radius 1 is 1.27 bits per heavy atom. The molecule has 0 radical (unpaired) electrons. The van der Waals surface area contributed by atoms with Crippen molar-refractivity contribution in [3.63, 3.8) is 0 Å². The molecule has 0 aliphatic heterocycles. The summed E-state index contributed by atoms with van der Waals surface area (Å²) in [7, 11) is 3.05. The van der Waals surface area contributed by atoms with Crippen molar-refractivity contribution >= 4 is 34.0 Å². The molecular weight excluding hydrogens is 424 g/mol. The van der Waals surface area contributed by atoms with Crippen molar-refractivity contribution in [3.8, 4) is 0 Å². The van der Waals surface area contributed by atoms with E-state index < -0.39 is 23.5 Å². The van der Waals surface area contributed by atoms with Crippen LogP contribution in [-0.4, -0.2) is 31.4 Å². The Morgan fingerprint density at radius 3 is 2.42 bits per heavy atom. The van der Waals surface area contributed by atoms with Crippen molar-refractivity contribution in [1.29, 1.82) is 0 Å². The van der Waals surface area contributed by atoms with Crippen molar-refractivity contribution in [1.82, 2.24) is 4.98 Å². The number of halogens is 5. The third kappa shape index (κ3) is 6.10. The molecule has 0 fully saturated rings. The molecule has 0 aliphatic carbocycles. The second-order valence-corrected chi connectivity index (χ2v) is 5.51. The number of nitrogens with zero attached hydrogens (tertiary/aromatic N) is 1. The highest BCUT2D eigenvalue weighted by atomic mass is 79.9. The van der Waals surface area contributed by atoms with Gasteiger partial charge in [0.05, 0.1) is 17.1 Å². The quantitative estimate of drug-likeness (QED) is 0.440. The monoisotopic (exact) mass is 436 g/mol. The van der Waals surface area contributed by atoms with Gasteiger partial charge >= 0.3 is 12.1 Å². The molecule has 2 aromatic rings. The molecule has 0 spiro atoms. The van der Waals surface area contributed by atoms with E-state index in [1.165, 1.54) is 7.11 Å². The molecule has 0 bridgehead atoms. The van der Waals surface area contributed by atoms with Crippen LogP contribution in [0.3, 0.4) is 0 Å². The zero-order valence-corrected chi connectivity index (χ0v) is 15.1. The third-order valence-corrected chi connectivity index (χ3v) is 3.50. The van der Waals surface area contributed by atoms with Gasteiger partial charge in [-0.1, -0.05) is 0 Å². The number of carbonyl (C=O) groups is 2. The van der Waals surface area contributed by atoms with Crippen LogP contribution in [0.25, 0.3) is 0 Å². The first-order valence-corrected chi connectivity index (χ1v) is 7.67. The summed E-state index contributed by atoms with van der Waals surface area (Å²) in [5.41, 5.74) is -1.20. The first kappa shape index (κ1) is 21.6. The average molecular weight is 437 g/mol. The summed E-state index contributed by atoms with van der Waals surface area (Å²) in [4.78, 5) is 25.2. The van der Waals surface area contributed by atoms with Crippen LogP contribution >= 0.6 is 15.9 Å². The van der Waals surface area contributed by atoms with E-state index in [4.69, 9.17) is 0 Å². The van der Waals surface area contributed by atoms with Gasteiger partial charge in [-0.15, -0.1) is 0 Å². The Balaban J connectivity index is 0.000000260. The van der Waals surface area contributed by atoms with E-state index in [1.807, 2.05) is 0 Å². The second kappa shape index (κ2) is 9.27. The van der Waals surface area contributed by atoms with Crippen LogP contribution in [0, 0.1) is 5.82 Å². The molecule has 26 heavy (non-hydrogen) atoms. The molecule has 0 saturated carbocycles. The fourth-order valence-electron chi connectivity index (χ4n) is 1.68. The Hall–Kier alpha value is -2.49. The molecule has 10 heteroatoms. The summed E-state index contributed by atoms with van der Waals surface area (Å²) in [5.74, 6) is -0.899. The highest BCUT2D eigenvalue weighted by molar-refractivity contribution is 9.10. The number of ether oxygens (including phenoxy) is 1. The summed E-state index contributed by atoms with van der Waals surface area (Å²) in [5, 5.41) is 2.85. The SMILES string of the molecule is CNc1nc(C(=O)OC)ccc1Br.O=Cc1cc(F)cc(C(F)(F)F)c1. The number of aldehydes is 1. The van der Waals surface area contributed by atoms with Crippen LogP contribution in [0.1, 0.15) is 26.4 Å². The number of carbonyl (C=O) groups excluding carboxylic acids is 2. The predicted molar refractivity (Wildman–Crippen MR) is 89.6 cm³/mol. The summed E-state index contributed by atoms with van der Waals surface area (Å²) >= 11 is 3.28. The second-order valence-electron chi connectivity index (χ2n) is 4.66. The van der Waals surface area contributed by atoms with Gasteiger partial charge in [0.1, 0.15) is 17.9 Å². The number of rotatable bonds is 3. The number of benzene rings is 1. The van der Waals surface area contributed by atoms with Crippen molar-refractivity contribution in [2.24, 2.45) is 0 Å². The molecule has 0 atom stereocenters. The number of pyridine rings is 1. The van der Waals surface area contributed by atoms with Crippen molar-refractivity contribution < 1.29 is 31.9 Å². The minimum atomic E-state index is -4.63. The maximum Gasteiger partial charge on any atom is 0.416 e. The molecule has 140 valence electrons. The number of nitrogens with one attached hydrogen (secondary N) is 1. The molecule has 0 unspecified atom stereocenters. The Morgan fingerprint density at radius 2 is 1.92 bits per heavy atom. The van der Waals surface area contributed by atoms with Gasteiger partial charge in [0, 0.05) is 12.6 Å². The van der Waals surface area contributed by atoms with Gasteiger partial charge in [0.2, 0.25) is 0 Å². The number of alkyl halides is 3. The third-order valence-electron chi connectivity index (χ3n) is 2.86. The normalized spacial score (nSPS) is 10.4. The molecule has 0 amide bonds. The van der Waals surface area contributed by atoms with E-state index >= 15 is 0 Å². The smallest absolute Gasteiger partial charge is 0.416 e. The first-order chi connectivity index (χ1) is 12.1. The summed E-state index contributed by atoms with van der Waals surface area (Å²) in [6.07, 6.45) is -4.46. The molecule has 0 saturated heterocycles. The van der Waals surface area contributed by atoms with Crippen LogP contribution in [0.4, 0.5) is 23.4 Å². The highest BCUT2D eigenvalue weighted by Gasteiger charge is 2.31. The van der Waals surface area contributed by atoms with Gasteiger partial charge in [0.25, 0.3) is 0 Å². The van der Waals surface area contributed by atoms with Crippen molar-refractivity contribution in [2.75, 3.05) is 19.5 Å². The summed E-state index contributed by atoms with van der Waals surface area (Å²) in [6.45, 7) is 0. The molecule has 2 rings (SSSR count). The average Bonchev–Trinajstić information content (AvgIpc) is 2.60. The zero-order valence-electron chi connectivity index (χ0n) is 13.5. The van der Waals surface area contributed by atoms with E-state index in [0.29, 0.717) is 18.0 Å². The van der Waals surface area contributed by atoms with Crippen LogP contribution in [0.5, 0.6) is 0 Å². The Kier molecular flexibility index (Phi) is 7.69. The summed E-state index contributed by atoms with van der Waals surface area (Å²) < 4.78 is 53.8. The lowest BCUT2D eigenvalue weighted by atomic mass is 10.1. The van der Waals surface area contributed by atoms with Gasteiger partial charge in [-0.3, -0.25) is 4.79 Å². The number of aromatic nitrogens is 1.